The molecule has 0 atom stereocenters. The Morgan fingerprint density at radius 1 is 0.800 bits per heavy atom. The van der Waals surface area contributed by atoms with Crippen LogP contribution in [0.2, 0.25) is 0 Å². The van der Waals surface area contributed by atoms with Crippen molar-refractivity contribution in [3.63, 3.8) is 0 Å². The number of rotatable bonds is 5. The second kappa shape index (κ2) is 11.1. The van der Waals surface area contributed by atoms with Gasteiger partial charge in [0.1, 0.15) is 9.98 Å². The SMILES string of the molecule is CN=NC(C(=O)NN(C)C(=S)c1ccccc1)C(=O)NN(C)C(=S)c1ccccc1. The van der Waals surface area contributed by atoms with Crippen LogP contribution in [0.4, 0.5) is 0 Å². The standard InChI is InChI=1S/C20H22N6O2S2/c1-21-22-16(17(27)23-25(2)19(29)14-10-6-4-7-11-14)18(28)24-26(3)20(30)15-12-8-5-9-13-15/h4-13,16H,1-3H3,(H,23,27)(H,24,28). The third-order valence-corrected chi connectivity index (χ3v) is 4.95. The molecule has 2 N–H and O–H groups in total. The summed E-state index contributed by atoms with van der Waals surface area (Å²) in [4.78, 5) is 26.1. The minimum atomic E-state index is -1.42. The van der Waals surface area contributed by atoms with Gasteiger partial charge in [-0.05, 0) is 0 Å². The van der Waals surface area contributed by atoms with E-state index in [1.54, 1.807) is 14.1 Å². The van der Waals surface area contributed by atoms with Crippen LogP contribution in [0.25, 0.3) is 0 Å². The number of nitrogens with zero attached hydrogens (tertiary/aromatic N) is 4. The topological polar surface area (TPSA) is 89.4 Å². The summed E-state index contributed by atoms with van der Waals surface area (Å²) in [6, 6.07) is 16.9. The lowest BCUT2D eigenvalue weighted by Crippen LogP contribution is -2.54. The van der Waals surface area contributed by atoms with E-state index < -0.39 is 17.9 Å². The molecule has 156 valence electrons. The molecule has 2 amide bonds. The van der Waals surface area contributed by atoms with Crippen molar-refractivity contribution in [3.8, 4) is 0 Å². The second-order valence-electron chi connectivity index (χ2n) is 6.13. The number of benzene rings is 2. The number of azo groups is 1. The van der Waals surface area contributed by atoms with Gasteiger partial charge in [0.2, 0.25) is 6.04 Å². The van der Waals surface area contributed by atoms with Gasteiger partial charge in [-0.15, -0.1) is 0 Å². The third kappa shape index (κ3) is 6.13. The normalized spacial score (nSPS) is 10.5. The Morgan fingerprint density at radius 2 is 1.17 bits per heavy atom. The maximum Gasteiger partial charge on any atom is 0.275 e. The van der Waals surface area contributed by atoms with Crippen molar-refractivity contribution in [1.29, 1.82) is 0 Å². The van der Waals surface area contributed by atoms with E-state index >= 15 is 0 Å². The molecule has 0 aliphatic carbocycles. The summed E-state index contributed by atoms with van der Waals surface area (Å²) >= 11 is 10.7. The van der Waals surface area contributed by atoms with E-state index in [0.29, 0.717) is 9.98 Å². The van der Waals surface area contributed by atoms with E-state index in [4.69, 9.17) is 24.4 Å². The first-order valence-corrected chi connectivity index (χ1v) is 9.73. The molecule has 0 bridgehead atoms. The van der Waals surface area contributed by atoms with Crippen LogP contribution >= 0.6 is 24.4 Å². The van der Waals surface area contributed by atoms with Crippen LogP contribution in [0.3, 0.4) is 0 Å². The van der Waals surface area contributed by atoms with E-state index in [1.165, 1.54) is 17.1 Å². The zero-order valence-corrected chi connectivity index (χ0v) is 18.4. The first kappa shape index (κ1) is 23.0. The molecule has 0 radical (unpaired) electrons. The van der Waals surface area contributed by atoms with Crippen LogP contribution in [-0.2, 0) is 9.59 Å². The van der Waals surface area contributed by atoms with Crippen LogP contribution < -0.4 is 10.9 Å². The van der Waals surface area contributed by atoms with Gasteiger partial charge in [0, 0.05) is 32.3 Å². The quantitative estimate of drug-likeness (QED) is 0.319. The number of hydrogen-bond donors (Lipinski definition) is 2. The smallest absolute Gasteiger partial charge is 0.275 e. The third-order valence-electron chi connectivity index (χ3n) is 3.93. The molecular formula is C20H22N6O2S2. The average Bonchev–Trinajstić information content (AvgIpc) is 2.77. The van der Waals surface area contributed by atoms with Gasteiger partial charge < -0.3 is 0 Å². The predicted octanol–water partition coefficient (Wildman–Crippen LogP) is 2.11. The molecule has 30 heavy (non-hydrogen) atoms. The van der Waals surface area contributed by atoms with Crippen molar-refractivity contribution in [2.45, 2.75) is 6.04 Å². The highest BCUT2D eigenvalue weighted by molar-refractivity contribution is 7.80. The van der Waals surface area contributed by atoms with Gasteiger partial charge in [0.05, 0.1) is 0 Å². The van der Waals surface area contributed by atoms with Crippen LogP contribution in [-0.4, -0.2) is 59.0 Å². The van der Waals surface area contributed by atoms with Crippen LogP contribution in [0.5, 0.6) is 0 Å². The van der Waals surface area contributed by atoms with Gasteiger partial charge in [-0.1, -0.05) is 85.1 Å². The minimum Gasteiger partial charge on any atom is -0.277 e. The molecule has 10 heteroatoms. The molecule has 2 rings (SSSR count). The number of amides is 2. The Kier molecular flexibility index (Phi) is 8.51. The van der Waals surface area contributed by atoms with Gasteiger partial charge in [0.15, 0.2) is 0 Å². The summed E-state index contributed by atoms with van der Waals surface area (Å²) in [6.45, 7) is 0. The Labute approximate surface area is 185 Å². The summed E-state index contributed by atoms with van der Waals surface area (Å²) < 4.78 is 0. The van der Waals surface area contributed by atoms with E-state index in [-0.39, 0.29) is 0 Å². The fraction of sp³-hybridized carbons (Fsp3) is 0.200. The summed E-state index contributed by atoms with van der Waals surface area (Å²) in [5.74, 6) is -1.36. The van der Waals surface area contributed by atoms with Gasteiger partial charge in [-0.25, -0.2) is 0 Å². The highest BCUT2D eigenvalue weighted by Crippen LogP contribution is 2.06. The van der Waals surface area contributed by atoms with E-state index in [9.17, 15) is 9.59 Å². The van der Waals surface area contributed by atoms with Gasteiger partial charge in [-0.2, -0.15) is 10.2 Å². The highest BCUT2D eigenvalue weighted by Gasteiger charge is 2.29. The molecule has 8 nitrogen and oxygen atoms in total. The molecular weight excluding hydrogens is 420 g/mol. The molecule has 0 aliphatic rings. The van der Waals surface area contributed by atoms with E-state index in [1.807, 2.05) is 60.7 Å². The zero-order valence-electron chi connectivity index (χ0n) is 16.8. The van der Waals surface area contributed by atoms with Crippen molar-refractivity contribution in [1.82, 2.24) is 20.9 Å². The number of hydrazine groups is 2. The van der Waals surface area contributed by atoms with E-state index in [0.717, 1.165) is 11.1 Å². The maximum absolute atomic E-state index is 12.7. The van der Waals surface area contributed by atoms with Crippen molar-refractivity contribution in [2.75, 3.05) is 21.1 Å². The molecule has 2 aromatic carbocycles. The minimum absolute atomic E-state index is 0.388. The summed E-state index contributed by atoms with van der Waals surface area (Å²) in [7, 11) is 4.55. The summed E-state index contributed by atoms with van der Waals surface area (Å²) in [6.07, 6.45) is 0. The number of carbonyl (C=O) groups is 2. The second-order valence-corrected chi connectivity index (χ2v) is 6.90. The highest BCUT2D eigenvalue weighted by atomic mass is 32.1. The Balaban J connectivity index is 2.04. The maximum atomic E-state index is 12.7. The number of hydrogen-bond acceptors (Lipinski definition) is 6. The lowest BCUT2D eigenvalue weighted by molar-refractivity contribution is -0.134. The Bertz CT molecular complexity index is 865. The average molecular weight is 443 g/mol. The van der Waals surface area contributed by atoms with Crippen molar-refractivity contribution in [2.24, 2.45) is 10.2 Å². The first-order chi connectivity index (χ1) is 14.3. The molecule has 0 fully saturated rings. The number of carbonyl (C=O) groups excluding carboxylic acids is 2. The van der Waals surface area contributed by atoms with Crippen molar-refractivity contribution >= 4 is 46.2 Å². The Morgan fingerprint density at radius 3 is 1.50 bits per heavy atom. The van der Waals surface area contributed by atoms with Crippen LogP contribution in [0.1, 0.15) is 11.1 Å². The molecule has 0 aromatic heterocycles. The van der Waals surface area contributed by atoms with E-state index in [2.05, 4.69) is 21.1 Å². The molecule has 0 saturated heterocycles. The van der Waals surface area contributed by atoms with Gasteiger partial charge in [-0.3, -0.25) is 30.5 Å². The Hall–Kier alpha value is -3.24. The fourth-order valence-electron chi connectivity index (χ4n) is 2.44. The number of nitrogens with one attached hydrogen (secondary N) is 2. The predicted molar refractivity (Wildman–Crippen MR) is 123 cm³/mol. The van der Waals surface area contributed by atoms with Crippen LogP contribution in [0, 0.1) is 0 Å². The van der Waals surface area contributed by atoms with Crippen LogP contribution in [0.15, 0.2) is 70.9 Å². The molecule has 0 unspecified atom stereocenters. The summed E-state index contributed by atoms with van der Waals surface area (Å²) in [5, 5.41) is 10.1. The van der Waals surface area contributed by atoms with Gasteiger partial charge in [0.25, 0.3) is 11.8 Å². The largest absolute Gasteiger partial charge is 0.277 e. The van der Waals surface area contributed by atoms with Crippen molar-refractivity contribution in [3.05, 3.63) is 71.8 Å². The monoisotopic (exact) mass is 442 g/mol. The lowest BCUT2D eigenvalue weighted by Gasteiger charge is -2.25. The molecule has 0 saturated carbocycles. The molecule has 2 aromatic rings. The first-order valence-electron chi connectivity index (χ1n) is 8.91. The zero-order chi connectivity index (χ0) is 22.1. The molecule has 0 spiro atoms. The molecule has 0 aliphatic heterocycles. The lowest BCUT2D eigenvalue weighted by atomic mass is 10.2. The number of thiocarbonyl (C=S) groups is 2. The fourth-order valence-corrected chi connectivity index (χ4v) is 2.81. The van der Waals surface area contributed by atoms with Crippen molar-refractivity contribution < 1.29 is 9.59 Å². The van der Waals surface area contributed by atoms with Gasteiger partial charge >= 0.3 is 0 Å². The molecule has 0 heterocycles. The summed E-state index contributed by atoms with van der Waals surface area (Å²) in [5.41, 5.74) is 6.63.